The second-order valence-electron chi connectivity index (χ2n) is 9.09. The third-order valence-corrected chi connectivity index (χ3v) is 6.87. The van der Waals surface area contributed by atoms with Crippen LogP contribution in [0.15, 0.2) is 24.4 Å². The van der Waals surface area contributed by atoms with Crippen LogP contribution in [0.2, 0.25) is 0 Å². The molecule has 1 amide bonds. The van der Waals surface area contributed by atoms with Crippen LogP contribution in [0.4, 0.5) is 10.1 Å². The molecule has 2 N–H and O–H groups in total. The molecule has 2 fully saturated rings. The summed E-state index contributed by atoms with van der Waals surface area (Å²) >= 11 is 0. The Morgan fingerprint density at radius 1 is 1.23 bits per heavy atom. The molecule has 4 heterocycles. The van der Waals surface area contributed by atoms with Crippen molar-refractivity contribution < 1.29 is 9.18 Å². The van der Waals surface area contributed by atoms with E-state index in [9.17, 15) is 9.18 Å². The number of amides is 1. The lowest BCUT2D eigenvalue weighted by Gasteiger charge is -2.38. The van der Waals surface area contributed by atoms with E-state index >= 15 is 0 Å². The van der Waals surface area contributed by atoms with E-state index in [1.165, 1.54) is 31.2 Å². The maximum absolute atomic E-state index is 12.9. The van der Waals surface area contributed by atoms with Crippen LogP contribution in [-0.4, -0.2) is 40.4 Å². The fourth-order valence-electron chi connectivity index (χ4n) is 5.07. The number of fused-ring (bicyclic) bond motifs is 1. The Morgan fingerprint density at radius 2 is 2.10 bits per heavy atom. The minimum atomic E-state index is -0.555. The highest BCUT2D eigenvalue weighted by Gasteiger charge is 2.46. The van der Waals surface area contributed by atoms with Crippen LogP contribution in [0.5, 0.6) is 0 Å². The van der Waals surface area contributed by atoms with Crippen molar-refractivity contribution in [1.82, 2.24) is 14.9 Å². The molecule has 0 unspecified atom stereocenters. The first-order valence-corrected chi connectivity index (χ1v) is 10.8. The summed E-state index contributed by atoms with van der Waals surface area (Å²) in [4.78, 5) is 25.4. The van der Waals surface area contributed by atoms with Gasteiger partial charge in [0.15, 0.2) is 0 Å². The lowest BCUT2D eigenvalue weighted by Crippen LogP contribution is -2.39. The normalized spacial score (nSPS) is 20.2. The van der Waals surface area contributed by atoms with Crippen LogP contribution < -0.4 is 10.6 Å². The first kappa shape index (κ1) is 19.4. The van der Waals surface area contributed by atoms with Gasteiger partial charge in [-0.25, -0.2) is 9.37 Å². The number of hydrogen-bond acceptors (Lipinski definition) is 5. The van der Waals surface area contributed by atoms with Gasteiger partial charge in [-0.3, -0.25) is 14.7 Å². The lowest BCUT2D eigenvalue weighted by atomic mass is 9.93. The van der Waals surface area contributed by atoms with Crippen LogP contribution in [0.1, 0.15) is 58.7 Å². The van der Waals surface area contributed by atoms with Crippen LogP contribution >= 0.6 is 0 Å². The van der Waals surface area contributed by atoms with Gasteiger partial charge in [0.1, 0.15) is 12.4 Å². The number of aromatic nitrogens is 2. The van der Waals surface area contributed by atoms with Gasteiger partial charge in [-0.1, -0.05) is 0 Å². The summed E-state index contributed by atoms with van der Waals surface area (Å²) in [5.41, 5.74) is 11.3. The van der Waals surface area contributed by atoms with Gasteiger partial charge < -0.3 is 10.6 Å². The molecular formula is C23H28FN5O. The topological polar surface area (TPSA) is 75.4 Å². The molecule has 7 heteroatoms. The number of carbonyl (C=O) groups excluding carboxylic acids is 1. The maximum atomic E-state index is 12.9. The number of nitrogens with two attached hydrogens (primary N) is 1. The zero-order chi connectivity index (χ0) is 20.7. The van der Waals surface area contributed by atoms with Crippen molar-refractivity contribution in [2.45, 2.75) is 51.9 Å². The molecule has 158 valence electrons. The van der Waals surface area contributed by atoms with Gasteiger partial charge in [0.2, 0.25) is 0 Å². The zero-order valence-electron chi connectivity index (χ0n) is 17.2. The van der Waals surface area contributed by atoms with E-state index in [4.69, 9.17) is 5.73 Å². The highest BCUT2D eigenvalue weighted by atomic mass is 19.1. The van der Waals surface area contributed by atoms with Gasteiger partial charge in [-0.2, -0.15) is 0 Å². The molecule has 0 bridgehead atoms. The molecule has 6 nitrogen and oxygen atoms in total. The minimum absolute atomic E-state index is 0.352. The fourth-order valence-corrected chi connectivity index (χ4v) is 5.07. The number of piperidine rings is 1. The number of pyridine rings is 2. The van der Waals surface area contributed by atoms with E-state index in [1.807, 2.05) is 18.2 Å². The fraction of sp³-hybridized carbons (Fsp3) is 0.522. The molecule has 1 aliphatic carbocycles. The number of halogens is 1. The molecule has 0 radical (unpaired) electrons. The third kappa shape index (κ3) is 3.78. The van der Waals surface area contributed by atoms with Crippen molar-refractivity contribution in [2.75, 3.05) is 24.5 Å². The van der Waals surface area contributed by atoms with Gasteiger partial charge in [0.25, 0.3) is 5.91 Å². The predicted molar refractivity (Wildman–Crippen MR) is 113 cm³/mol. The monoisotopic (exact) mass is 409 g/mol. The van der Waals surface area contributed by atoms with Gasteiger partial charge in [-0.15, -0.1) is 0 Å². The largest absolute Gasteiger partial charge is 0.371 e. The Kier molecular flexibility index (Phi) is 4.93. The summed E-state index contributed by atoms with van der Waals surface area (Å²) in [6, 6.07) is 5.65. The van der Waals surface area contributed by atoms with E-state index in [0.29, 0.717) is 29.9 Å². The van der Waals surface area contributed by atoms with Gasteiger partial charge >= 0.3 is 0 Å². The Hall–Kier alpha value is -2.54. The number of hydrogen-bond donors (Lipinski definition) is 1. The molecule has 1 spiro atoms. The maximum Gasteiger partial charge on any atom is 0.267 e. The number of anilines is 1. The molecular weight excluding hydrogens is 381 g/mol. The Labute approximate surface area is 176 Å². The summed E-state index contributed by atoms with van der Waals surface area (Å²) in [5.74, 6) is -0.476. The molecule has 0 atom stereocenters. The SMILES string of the molecule is NC(=O)c1cc(N2CCCC3(CC3)C2)c2c(n1)CN(Cc1ccnc(CF)c1)CC2. The molecule has 0 aromatic carbocycles. The minimum Gasteiger partial charge on any atom is -0.371 e. The first-order valence-electron chi connectivity index (χ1n) is 10.8. The number of primary amides is 1. The van der Waals surface area contributed by atoms with Crippen molar-refractivity contribution >= 4 is 11.6 Å². The quantitative estimate of drug-likeness (QED) is 0.822. The molecule has 3 aliphatic rings. The predicted octanol–water partition coefficient (Wildman–Crippen LogP) is 2.98. The molecule has 2 aliphatic heterocycles. The molecule has 1 saturated carbocycles. The van der Waals surface area contributed by atoms with E-state index in [0.717, 1.165) is 43.0 Å². The zero-order valence-corrected chi connectivity index (χ0v) is 17.2. The van der Waals surface area contributed by atoms with Crippen molar-refractivity contribution in [1.29, 1.82) is 0 Å². The highest BCUT2D eigenvalue weighted by molar-refractivity contribution is 5.92. The molecule has 30 heavy (non-hydrogen) atoms. The lowest BCUT2D eigenvalue weighted by molar-refractivity contribution is 0.0994. The van der Waals surface area contributed by atoms with Gasteiger partial charge in [0, 0.05) is 44.6 Å². The van der Waals surface area contributed by atoms with E-state index in [2.05, 4.69) is 19.8 Å². The van der Waals surface area contributed by atoms with E-state index in [1.54, 1.807) is 6.20 Å². The standard InChI is InChI=1S/C23H28FN5O/c24-12-17-10-16(2-7-26-17)13-28-9-3-18-20(14-28)27-19(22(25)30)11-21(18)29-8-1-4-23(15-29)5-6-23/h2,7,10-11H,1,3-6,8-9,12-15H2,(H2,25,30). The first-order chi connectivity index (χ1) is 14.5. The smallest absolute Gasteiger partial charge is 0.267 e. The van der Waals surface area contributed by atoms with Crippen LogP contribution in [-0.2, 0) is 26.2 Å². The number of carbonyl (C=O) groups is 1. The second kappa shape index (κ2) is 7.61. The van der Waals surface area contributed by atoms with Crippen LogP contribution in [0, 0.1) is 5.41 Å². The third-order valence-electron chi connectivity index (χ3n) is 6.87. The number of alkyl halides is 1. The van der Waals surface area contributed by atoms with E-state index in [-0.39, 0.29) is 0 Å². The summed E-state index contributed by atoms with van der Waals surface area (Å²) in [6.07, 6.45) is 7.71. The van der Waals surface area contributed by atoms with Gasteiger partial charge in [-0.05, 0) is 66.8 Å². The number of rotatable bonds is 5. The molecule has 5 rings (SSSR count). The highest BCUT2D eigenvalue weighted by Crippen LogP contribution is 2.53. The Bertz CT molecular complexity index is 974. The average Bonchev–Trinajstić information content (AvgIpc) is 3.50. The van der Waals surface area contributed by atoms with Crippen molar-refractivity contribution in [3.63, 3.8) is 0 Å². The van der Waals surface area contributed by atoms with Gasteiger partial charge in [0.05, 0.1) is 11.4 Å². The number of nitrogens with zero attached hydrogens (tertiary/aromatic N) is 4. The summed E-state index contributed by atoms with van der Waals surface area (Å²) < 4.78 is 12.9. The van der Waals surface area contributed by atoms with Crippen molar-refractivity contribution in [2.24, 2.45) is 11.1 Å². The summed E-state index contributed by atoms with van der Waals surface area (Å²) in [5, 5.41) is 0. The molecule has 2 aromatic heterocycles. The van der Waals surface area contributed by atoms with Crippen LogP contribution in [0.25, 0.3) is 0 Å². The Morgan fingerprint density at radius 3 is 2.87 bits per heavy atom. The van der Waals surface area contributed by atoms with E-state index < -0.39 is 12.6 Å². The van der Waals surface area contributed by atoms with Crippen molar-refractivity contribution in [3.8, 4) is 0 Å². The summed E-state index contributed by atoms with van der Waals surface area (Å²) in [7, 11) is 0. The van der Waals surface area contributed by atoms with Crippen molar-refractivity contribution in [3.05, 3.63) is 52.6 Å². The second-order valence-corrected chi connectivity index (χ2v) is 9.09. The average molecular weight is 410 g/mol. The molecule has 1 saturated heterocycles. The summed E-state index contributed by atoms with van der Waals surface area (Å²) in [6.45, 7) is 3.83. The van der Waals surface area contributed by atoms with Crippen LogP contribution in [0.3, 0.4) is 0 Å². The Balaban J connectivity index is 1.41. The molecule has 2 aromatic rings.